The summed E-state index contributed by atoms with van der Waals surface area (Å²) < 4.78 is 25.2. The maximum Gasteiger partial charge on any atom is 0.127 e. The van der Waals surface area contributed by atoms with Crippen molar-refractivity contribution in [2.75, 3.05) is 35.5 Å². The van der Waals surface area contributed by atoms with Crippen molar-refractivity contribution in [2.45, 2.75) is 0 Å². The van der Waals surface area contributed by atoms with E-state index < -0.39 is 0 Å². The predicted octanol–water partition coefficient (Wildman–Crippen LogP) is 10.3. The van der Waals surface area contributed by atoms with Gasteiger partial charge in [-0.05, 0) is 48.2 Å². The summed E-state index contributed by atoms with van der Waals surface area (Å²) in [5, 5.41) is 0. The first-order valence-electron chi connectivity index (χ1n) is 13.1. The van der Waals surface area contributed by atoms with Gasteiger partial charge in [0, 0.05) is 70.1 Å². The first-order valence-corrected chi connectivity index (χ1v) is 18.4. The molecule has 0 bridgehead atoms. The van der Waals surface area contributed by atoms with Gasteiger partial charge in [-0.3, -0.25) is 0 Å². The Morgan fingerprint density at radius 3 is 1.28 bits per heavy atom. The van der Waals surface area contributed by atoms with E-state index in [4.69, 9.17) is 31.6 Å². The van der Waals surface area contributed by atoms with E-state index in [-0.39, 0.29) is 0 Å². The molecule has 0 radical (unpaired) electrons. The van der Waals surface area contributed by atoms with Crippen molar-refractivity contribution in [3.63, 3.8) is 0 Å². The van der Waals surface area contributed by atoms with Crippen LogP contribution in [-0.2, 0) is 0 Å². The fourth-order valence-electron chi connectivity index (χ4n) is 4.37. The molecule has 0 fully saturated rings. The molecule has 224 valence electrons. The molecule has 0 aliphatic rings. The van der Waals surface area contributed by atoms with E-state index in [1.807, 2.05) is 92.0 Å². The summed E-state index contributed by atoms with van der Waals surface area (Å²) in [4.78, 5) is 3.77. The van der Waals surface area contributed by atoms with Crippen molar-refractivity contribution in [3.05, 3.63) is 119 Å². The van der Waals surface area contributed by atoms with Gasteiger partial charge in [-0.15, -0.1) is 12.6 Å². The highest BCUT2D eigenvalue weighted by Gasteiger charge is 2.24. The van der Waals surface area contributed by atoms with Crippen LogP contribution in [0.5, 0.6) is 23.0 Å². The first-order chi connectivity index (χ1) is 21.0. The maximum absolute atomic E-state index is 5.83. The lowest BCUT2D eigenvalue weighted by Crippen LogP contribution is -2.03. The van der Waals surface area contributed by atoms with Crippen LogP contribution in [0.4, 0.5) is 0 Å². The molecule has 0 N–H and O–H groups in total. The second-order valence-corrected chi connectivity index (χ2v) is 13.7. The standard InChI is InChI=1S/C33H32INO4S4/c1-35(42-31(23-15-7-11-19-27(23)37-3)30(40)22-14-6-10-18-26(22)36-2)43-33(25-17-9-13-21-29(25)39-5)32(41-34)24-16-8-12-20-28(24)38-4/h6-21,40H,1-5H3/b31-30-,33-32-. The Morgan fingerprint density at radius 2 is 0.860 bits per heavy atom. The van der Waals surface area contributed by atoms with Gasteiger partial charge in [0.2, 0.25) is 0 Å². The molecular formula is C33H32INO4S4. The van der Waals surface area contributed by atoms with Gasteiger partial charge in [-0.2, -0.15) is 3.71 Å². The SMILES string of the molecule is COc1ccccc1/C(S)=C(/SN(C)S/C(=C(\SI)c1ccccc1OC)c1ccccc1OC)c1ccccc1OC. The predicted molar refractivity (Wildman–Crippen MR) is 199 cm³/mol. The minimum atomic E-state index is 0.741. The molecule has 0 spiro atoms. The monoisotopic (exact) mass is 761 g/mol. The van der Waals surface area contributed by atoms with E-state index in [1.165, 1.54) is 0 Å². The zero-order valence-corrected chi connectivity index (χ0v) is 29.9. The fourth-order valence-corrected chi connectivity index (χ4v) is 9.32. The Morgan fingerprint density at radius 1 is 0.535 bits per heavy atom. The highest BCUT2D eigenvalue weighted by atomic mass is 127. The third-order valence-electron chi connectivity index (χ3n) is 6.36. The van der Waals surface area contributed by atoms with Crippen LogP contribution in [0.1, 0.15) is 22.3 Å². The van der Waals surface area contributed by atoms with E-state index in [9.17, 15) is 0 Å². The van der Waals surface area contributed by atoms with Crippen molar-refractivity contribution in [1.29, 1.82) is 0 Å². The molecule has 5 nitrogen and oxygen atoms in total. The lowest BCUT2D eigenvalue weighted by molar-refractivity contribution is 0.413. The lowest BCUT2D eigenvalue weighted by atomic mass is 10.1. The van der Waals surface area contributed by atoms with Gasteiger partial charge in [-0.25, -0.2) is 0 Å². The molecule has 0 saturated carbocycles. The average molecular weight is 762 g/mol. The minimum absolute atomic E-state index is 0.741. The van der Waals surface area contributed by atoms with E-state index in [1.54, 1.807) is 61.3 Å². The number of methoxy groups -OCH3 is 4. The largest absolute Gasteiger partial charge is 0.496 e. The molecule has 0 aliphatic carbocycles. The van der Waals surface area contributed by atoms with E-state index >= 15 is 0 Å². The smallest absolute Gasteiger partial charge is 0.127 e. The highest BCUT2D eigenvalue weighted by molar-refractivity contribution is 14.2. The van der Waals surface area contributed by atoms with E-state index in [0.29, 0.717) is 0 Å². The maximum atomic E-state index is 5.83. The van der Waals surface area contributed by atoms with Gasteiger partial charge in [0.1, 0.15) is 23.0 Å². The second-order valence-electron chi connectivity index (χ2n) is 8.84. The van der Waals surface area contributed by atoms with Gasteiger partial charge >= 0.3 is 0 Å². The summed E-state index contributed by atoms with van der Waals surface area (Å²) in [6, 6.07) is 32.0. The van der Waals surface area contributed by atoms with Gasteiger partial charge in [0.15, 0.2) is 0 Å². The molecule has 0 heterocycles. The minimum Gasteiger partial charge on any atom is -0.496 e. The van der Waals surface area contributed by atoms with Crippen LogP contribution in [0.25, 0.3) is 19.6 Å². The summed E-state index contributed by atoms with van der Waals surface area (Å²) in [5.41, 5.74) is 3.79. The Balaban J connectivity index is 1.88. The second kappa shape index (κ2) is 16.6. The molecule has 0 atom stereocenters. The van der Waals surface area contributed by atoms with Gasteiger partial charge in [0.25, 0.3) is 0 Å². The van der Waals surface area contributed by atoms with Crippen molar-refractivity contribution in [2.24, 2.45) is 0 Å². The Bertz CT molecular complexity index is 1610. The molecule has 4 aromatic rings. The van der Waals surface area contributed by atoms with Gasteiger partial charge in [0.05, 0.1) is 28.4 Å². The van der Waals surface area contributed by atoms with Crippen molar-refractivity contribution in [3.8, 4) is 23.0 Å². The fraction of sp³-hybridized carbons (Fsp3) is 0.152. The number of hydrogen-bond acceptors (Lipinski definition) is 9. The Hall–Kier alpha value is -2.35. The van der Waals surface area contributed by atoms with E-state index in [0.717, 1.165) is 64.9 Å². The number of para-hydroxylation sites is 4. The molecule has 0 saturated heterocycles. The van der Waals surface area contributed by atoms with Crippen LogP contribution in [0.3, 0.4) is 0 Å². The van der Waals surface area contributed by atoms with Crippen molar-refractivity contribution < 1.29 is 18.9 Å². The van der Waals surface area contributed by atoms with Crippen LogP contribution in [0.2, 0.25) is 0 Å². The zero-order chi connectivity index (χ0) is 30.8. The number of hydrogen-bond donors (Lipinski definition) is 1. The molecular weight excluding hydrogens is 730 g/mol. The first kappa shape index (κ1) is 33.5. The van der Waals surface area contributed by atoms with Crippen LogP contribution in [0.15, 0.2) is 97.1 Å². The van der Waals surface area contributed by atoms with Gasteiger partial charge < -0.3 is 18.9 Å². The molecule has 0 amide bonds. The average Bonchev–Trinajstić information content (AvgIpc) is 3.06. The number of ether oxygens (including phenoxy) is 4. The van der Waals surface area contributed by atoms with Crippen LogP contribution in [-0.4, -0.2) is 39.2 Å². The lowest BCUT2D eigenvalue weighted by Gasteiger charge is -2.24. The Kier molecular flexibility index (Phi) is 13.0. The molecule has 4 aromatic carbocycles. The number of nitrogens with zero attached hydrogens (tertiary/aromatic N) is 1. The van der Waals surface area contributed by atoms with Crippen molar-refractivity contribution in [1.82, 2.24) is 3.71 Å². The van der Waals surface area contributed by atoms with Crippen LogP contribution in [0, 0.1) is 0 Å². The number of benzene rings is 4. The van der Waals surface area contributed by atoms with Gasteiger partial charge in [-0.1, -0.05) is 81.7 Å². The van der Waals surface area contributed by atoms with Crippen molar-refractivity contribution >= 4 is 86.3 Å². The molecule has 4 rings (SSSR count). The quantitative estimate of drug-likeness (QED) is 0.0625. The normalized spacial score (nSPS) is 12.4. The highest BCUT2D eigenvalue weighted by Crippen LogP contribution is 2.53. The summed E-state index contributed by atoms with van der Waals surface area (Å²) in [7, 11) is 10.4. The summed E-state index contributed by atoms with van der Waals surface area (Å²) in [6.07, 6.45) is 0. The molecule has 43 heavy (non-hydrogen) atoms. The molecule has 0 aromatic heterocycles. The molecule has 0 unspecified atom stereocenters. The summed E-state index contributed by atoms with van der Waals surface area (Å²) >= 11 is 10.6. The van der Waals surface area contributed by atoms with Crippen LogP contribution < -0.4 is 18.9 Å². The topological polar surface area (TPSA) is 40.2 Å². The third-order valence-corrected chi connectivity index (χ3v) is 11.2. The number of halogens is 1. The molecule has 0 aliphatic heterocycles. The molecule has 10 heteroatoms. The summed E-state index contributed by atoms with van der Waals surface area (Å²) in [6.45, 7) is 0. The van der Waals surface area contributed by atoms with Crippen LogP contribution >= 0.6 is 66.7 Å². The third kappa shape index (κ3) is 8.03. The number of rotatable bonds is 13. The zero-order valence-electron chi connectivity index (χ0n) is 24.4. The van der Waals surface area contributed by atoms with E-state index in [2.05, 4.69) is 37.0 Å². The Labute approximate surface area is 284 Å². The summed E-state index contributed by atoms with van der Waals surface area (Å²) in [5.74, 6) is 3.08. The number of thiol groups is 1.